The van der Waals surface area contributed by atoms with Gasteiger partial charge in [-0.15, -0.1) is 10.2 Å². The lowest BCUT2D eigenvalue weighted by Gasteiger charge is -2.15. The summed E-state index contributed by atoms with van der Waals surface area (Å²) in [4.78, 5) is 13.8. The van der Waals surface area contributed by atoms with E-state index < -0.39 is 0 Å². The fourth-order valence-electron chi connectivity index (χ4n) is 2.66. The van der Waals surface area contributed by atoms with Crippen molar-refractivity contribution in [2.24, 2.45) is 0 Å². The van der Waals surface area contributed by atoms with Gasteiger partial charge in [-0.05, 0) is 25.0 Å². The molecule has 1 saturated heterocycles. The van der Waals surface area contributed by atoms with Crippen molar-refractivity contribution in [1.82, 2.24) is 25.3 Å². The highest BCUT2D eigenvalue weighted by Gasteiger charge is 2.23. The second-order valence-electron chi connectivity index (χ2n) is 5.06. The Labute approximate surface area is 115 Å². The van der Waals surface area contributed by atoms with Crippen LogP contribution in [0.15, 0.2) is 18.3 Å². The minimum absolute atomic E-state index is 0.0760. The van der Waals surface area contributed by atoms with Crippen LogP contribution in [0.2, 0.25) is 0 Å². The number of aromatic nitrogens is 4. The van der Waals surface area contributed by atoms with E-state index in [0.717, 1.165) is 24.6 Å². The first-order valence-electron chi connectivity index (χ1n) is 6.77. The van der Waals surface area contributed by atoms with Gasteiger partial charge in [0.2, 0.25) is 0 Å². The molecule has 0 aliphatic carbocycles. The number of amides is 1. The molecule has 1 amide bonds. The molecule has 0 saturated carbocycles. The van der Waals surface area contributed by atoms with Crippen molar-refractivity contribution in [3.05, 3.63) is 29.6 Å². The van der Waals surface area contributed by atoms with Gasteiger partial charge in [0, 0.05) is 19.3 Å². The van der Waals surface area contributed by atoms with E-state index >= 15 is 0 Å². The second kappa shape index (κ2) is 4.29. The van der Waals surface area contributed by atoms with Crippen molar-refractivity contribution in [2.75, 3.05) is 18.0 Å². The molecule has 1 N–H and O–H groups in total. The summed E-state index contributed by atoms with van der Waals surface area (Å²) in [7, 11) is 0. The van der Waals surface area contributed by atoms with Gasteiger partial charge in [0.25, 0.3) is 5.91 Å². The van der Waals surface area contributed by atoms with Crippen molar-refractivity contribution >= 4 is 11.7 Å². The highest BCUT2D eigenvalue weighted by Crippen LogP contribution is 2.19. The van der Waals surface area contributed by atoms with E-state index in [9.17, 15) is 4.79 Å². The van der Waals surface area contributed by atoms with Crippen molar-refractivity contribution in [1.29, 1.82) is 0 Å². The van der Waals surface area contributed by atoms with Gasteiger partial charge in [-0.1, -0.05) is 0 Å². The Balaban J connectivity index is 1.62. The van der Waals surface area contributed by atoms with Crippen LogP contribution < -0.4 is 10.2 Å². The molecule has 20 heavy (non-hydrogen) atoms. The lowest BCUT2D eigenvalue weighted by Crippen LogP contribution is -2.19. The van der Waals surface area contributed by atoms with E-state index in [1.165, 1.54) is 12.8 Å². The summed E-state index contributed by atoms with van der Waals surface area (Å²) in [6.45, 7) is 2.58. The smallest absolute Gasteiger partial charge is 0.255 e. The molecule has 0 unspecified atom stereocenters. The highest BCUT2D eigenvalue weighted by molar-refractivity contribution is 5.97. The van der Waals surface area contributed by atoms with Gasteiger partial charge in [0.15, 0.2) is 11.6 Å². The van der Waals surface area contributed by atoms with Crippen molar-refractivity contribution in [3.63, 3.8) is 0 Å². The van der Waals surface area contributed by atoms with E-state index in [0.29, 0.717) is 17.9 Å². The van der Waals surface area contributed by atoms with Crippen LogP contribution in [0.4, 0.5) is 5.82 Å². The lowest BCUT2D eigenvalue weighted by atomic mass is 10.3. The zero-order chi connectivity index (χ0) is 13.5. The van der Waals surface area contributed by atoms with Gasteiger partial charge < -0.3 is 10.2 Å². The third-order valence-electron chi connectivity index (χ3n) is 3.75. The maximum Gasteiger partial charge on any atom is 0.255 e. The third-order valence-corrected chi connectivity index (χ3v) is 3.75. The summed E-state index contributed by atoms with van der Waals surface area (Å²) in [5, 5.41) is 15.6. The summed E-state index contributed by atoms with van der Waals surface area (Å²) in [5.41, 5.74) is 1.39. The van der Waals surface area contributed by atoms with Crippen LogP contribution in [0.25, 0.3) is 5.82 Å². The molecule has 7 nitrogen and oxygen atoms in total. The molecule has 2 aliphatic rings. The van der Waals surface area contributed by atoms with Crippen LogP contribution in [0.5, 0.6) is 0 Å². The molecule has 0 atom stereocenters. The van der Waals surface area contributed by atoms with E-state index in [2.05, 4.69) is 25.5 Å². The predicted molar refractivity (Wildman–Crippen MR) is 71.8 cm³/mol. The van der Waals surface area contributed by atoms with Gasteiger partial charge in [-0.25, -0.2) is 4.68 Å². The fourth-order valence-corrected chi connectivity index (χ4v) is 2.66. The van der Waals surface area contributed by atoms with E-state index in [-0.39, 0.29) is 5.91 Å². The summed E-state index contributed by atoms with van der Waals surface area (Å²) >= 11 is 0. The van der Waals surface area contributed by atoms with Crippen LogP contribution in [0, 0.1) is 0 Å². The SMILES string of the molecule is O=C1NCc2nn(-c3ccc(N4CCCC4)nn3)cc21. The molecular formula is C13H14N6O. The van der Waals surface area contributed by atoms with E-state index in [1.807, 2.05) is 12.1 Å². The first-order valence-corrected chi connectivity index (χ1v) is 6.77. The number of carbonyl (C=O) groups is 1. The quantitative estimate of drug-likeness (QED) is 0.860. The Morgan fingerprint density at radius 3 is 2.55 bits per heavy atom. The molecule has 2 aliphatic heterocycles. The molecule has 2 aromatic heterocycles. The molecule has 0 bridgehead atoms. The highest BCUT2D eigenvalue weighted by atomic mass is 16.2. The van der Waals surface area contributed by atoms with Crippen molar-refractivity contribution in [2.45, 2.75) is 19.4 Å². The van der Waals surface area contributed by atoms with Crippen LogP contribution in [-0.2, 0) is 6.54 Å². The van der Waals surface area contributed by atoms with Crippen molar-refractivity contribution in [3.8, 4) is 5.82 Å². The maximum absolute atomic E-state index is 11.5. The molecule has 1 fully saturated rings. The Kier molecular flexibility index (Phi) is 2.45. The number of hydrogen-bond donors (Lipinski definition) is 1. The Morgan fingerprint density at radius 2 is 1.85 bits per heavy atom. The molecule has 102 valence electrons. The molecule has 0 radical (unpaired) electrons. The number of nitrogens with zero attached hydrogens (tertiary/aromatic N) is 5. The first-order chi connectivity index (χ1) is 9.81. The zero-order valence-corrected chi connectivity index (χ0v) is 10.9. The normalized spacial score (nSPS) is 17.4. The molecule has 0 spiro atoms. The predicted octanol–water partition coefficient (Wildman–Crippen LogP) is 0.506. The Morgan fingerprint density at radius 1 is 1.10 bits per heavy atom. The Bertz CT molecular complexity index is 656. The molecule has 7 heteroatoms. The number of fused-ring (bicyclic) bond motifs is 1. The first kappa shape index (κ1) is 11.4. The summed E-state index contributed by atoms with van der Waals surface area (Å²) in [6, 6.07) is 3.85. The molecule has 4 heterocycles. The summed E-state index contributed by atoms with van der Waals surface area (Å²) in [5.74, 6) is 1.46. The van der Waals surface area contributed by atoms with Gasteiger partial charge in [-0.3, -0.25) is 4.79 Å². The summed E-state index contributed by atoms with van der Waals surface area (Å²) in [6.07, 6.45) is 4.13. The minimum Gasteiger partial charge on any atom is -0.355 e. The molecule has 4 rings (SSSR count). The number of carbonyl (C=O) groups excluding carboxylic acids is 1. The van der Waals surface area contributed by atoms with Gasteiger partial charge >= 0.3 is 0 Å². The van der Waals surface area contributed by atoms with E-state index in [4.69, 9.17) is 0 Å². The second-order valence-corrected chi connectivity index (χ2v) is 5.06. The van der Waals surface area contributed by atoms with Crippen LogP contribution in [0.1, 0.15) is 28.9 Å². The third kappa shape index (κ3) is 1.74. The average Bonchev–Trinajstić information content (AvgIpc) is 3.18. The van der Waals surface area contributed by atoms with Gasteiger partial charge in [-0.2, -0.15) is 5.10 Å². The standard InChI is InChI=1S/C13H14N6O/c20-13-9-8-19(17-10(9)7-14-13)12-4-3-11(15-16-12)18-5-1-2-6-18/h3-4,8H,1-2,5-7H2,(H,14,20). The topological polar surface area (TPSA) is 75.9 Å². The van der Waals surface area contributed by atoms with Crippen LogP contribution in [-0.4, -0.2) is 39.0 Å². The van der Waals surface area contributed by atoms with Gasteiger partial charge in [0.05, 0.1) is 17.8 Å². The van der Waals surface area contributed by atoms with Crippen molar-refractivity contribution < 1.29 is 4.79 Å². The monoisotopic (exact) mass is 270 g/mol. The number of rotatable bonds is 2. The maximum atomic E-state index is 11.5. The lowest BCUT2D eigenvalue weighted by molar-refractivity contribution is 0.0965. The molecular weight excluding hydrogens is 256 g/mol. The van der Waals surface area contributed by atoms with E-state index in [1.54, 1.807) is 10.9 Å². The zero-order valence-electron chi connectivity index (χ0n) is 10.9. The molecule has 0 aromatic carbocycles. The minimum atomic E-state index is -0.0760. The van der Waals surface area contributed by atoms with Gasteiger partial charge in [0.1, 0.15) is 0 Å². The molecule has 2 aromatic rings. The number of anilines is 1. The van der Waals surface area contributed by atoms with Crippen LogP contribution in [0.3, 0.4) is 0 Å². The fraction of sp³-hybridized carbons (Fsp3) is 0.385. The number of hydrogen-bond acceptors (Lipinski definition) is 5. The Hall–Kier alpha value is -2.44. The average molecular weight is 270 g/mol. The van der Waals surface area contributed by atoms with Crippen LogP contribution >= 0.6 is 0 Å². The summed E-state index contributed by atoms with van der Waals surface area (Å²) < 4.78 is 1.62. The largest absolute Gasteiger partial charge is 0.355 e. The number of nitrogens with one attached hydrogen (secondary N) is 1.